The second kappa shape index (κ2) is 9.73. The van der Waals surface area contributed by atoms with Crippen LogP contribution in [-0.2, 0) is 21.4 Å². The van der Waals surface area contributed by atoms with E-state index in [4.69, 9.17) is 16.8 Å². The molecule has 0 saturated heterocycles. The van der Waals surface area contributed by atoms with Gasteiger partial charge in [0.2, 0.25) is 0 Å². The van der Waals surface area contributed by atoms with Crippen LogP contribution in [0.15, 0.2) is 59.5 Å². The van der Waals surface area contributed by atoms with Gasteiger partial charge in [-0.25, -0.2) is 23.4 Å². The number of hydrogen-bond acceptors (Lipinski definition) is 5. The van der Waals surface area contributed by atoms with E-state index in [0.717, 1.165) is 4.90 Å². The van der Waals surface area contributed by atoms with Crippen molar-refractivity contribution in [1.29, 1.82) is 0 Å². The molecule has 2 rings (SSSR count). The molecule has 0 spiro atoms. The van der Waals surface area contributed by atoms with Crippen LogP contribution < -0.4 is 10.2 Å². The van der Waals surface area contributed by atoms with Gasteiger partial charge in [0.1, 0.15) is 6.04 Å². The molecule has 2 aromatic rings. The van der Waals surface area contributed by atoms with Crippen molar-refractivity contribution in [3.8, 4) is 0 Å². The summed E-state index contributed by atoms with van der Waals surface area (Å²) in [5.74, 6) is -1.23. The molecule has 0 unspecified atom stereocenters. The Balaban J connectivity index is 2.37. The zero-order valence-corrected chi connectivity index (χ0v) is 17.4. The molecule has 1 atom stereocenters. The van der Waals surface area contributed by atoms with Crippen molar-refractivity contribution in [2.45, 2.75) is 31.3 Å². The van der Waals surface area contributed by atoms with Crippen LogP contribution in [0.4, 0.5) is 4.79 Å². The van der Waals surface area contributed by atoms with Crippen molar-refractivity contribution in [2.24, 2.45) is 5.92 Å². The van der Waals surface area contributed by atoms with Crippen molar-refractivity contribution in [1.82, 2.24) is 15.1 Å². The molecule has 0 aliphatic carbocycles. The van der Waals surface area contributed by atoms with Gasteiger partial charge in [-0.2, -0.15) is 0 Å². The minimum Gasteiger partial charge on any atom is -0.307 e. The van der Waals surface area contributed by atoms with Crippen molar-refractivity contribution >= 4 is 33.6 Å². The second-order valence-electron chi connectivity index (χ2n) is 6.64. The second-order valence-corrected chi connectivity index (χ2v) is 8.76. The van der Waals surface area contributed by atoms with Crippen LogP contribution in [0.3, 0.4) is 0 Å². The van der Waals surface area contributed by atoms with Gasteiger partial charge in [0, 0.05) is 11.6 Å². The first-order valence-electron chi connectivity index (χ1n) is 8.72. The lowest BCUT2D eigenvalue weighted by Gasteiger charge is -2.32. The molecule has 29 heavy (non-hydrogen) atoms. The predicted molar refractivity (Wildman–Crippen MR) is 108 cm³/mol. The average Bonchev–Trinajstić information content (AvgIpc) is 2.67. The lowest BCUT2D eigenvalue weighted by molar-refractivity contribution is -0.135. The Morgan fingerprint density at radius 3 is 2.17 bits per heavy atom. The Morgan fingerprint density at radius 1 is 1.07 bits per heavy atom. The summed E-state index contributed by atoms with van der Waals surface area (Å²) in [5, 5.41) is 9.45. The summed E-state index contributed by atoms with van der Waals surface area (Å²) in [6.07, 6.45) is 0. The summed E-state index contributed by atoms with van der Waals surface area (Å²) in [6, 6.07) is 12.0. The average molecular weight is 440 g/mol. The van der Waals surface area contributed by atoms with Crippen molar-refractivity contribution in [3.05, 3.63) is 65.2 Å². The summed E-state index contributed by atoms with van der Waals surface area (Å²) in [6.45, 7) is 3.32. The molecule has 0 aromatic heterocycles. The molecule has 0 fully saturated rings. The van der Waals surface area contributed by atoms with E-state index in [0.29, 0.717) is 10.6 Å². The first-order chi connectivity index (χ1) is 13.7. The van der Waals surface area contributed by atoms with Gasteiger partial charge in [-0.15, -0.1) is 0 Å². The molecule has 0 heterocycles. The van der Waals surface area contributed by atoms with Gasteiger partial charge in [-0.1, -0.05) is 55.8 Å². The highest BCUT2D eigenvalue weighted by Gasteiger charge is 2.34. The van der Waals surface area contributed by atoms with Crippen LogP contribution in [0.2, 0.25) is 5.02 Å². The number of carbonyl (C=O) groups excluding carboxylic acids is 2. The van der Waals surface area contributed by atoms with Crippen molar-refractivity contribution in [2.75, 3.05) is 0 Å². The van der Waals surface area contributed by atoms with Gasteiger partial charge >= 0.3 is 6.03 Å². The highest BCUT2D eigenvalue weighted by molar-refractivity contribution is 7.90. The van der Waals surface area contributed by atoms with Crippen molar-refractivity contribution in [3.63, 3.8) is 0 Å². The first kappa shape index (κ1) is 22.7. The highest BCUT2D eigenvalue weighted by atomic mass is 35.5. The Kier molecular flexibility index (Phi) is 7.60. The highest BCUT2D eigenvalue weighted by Crippen LogP contribution is 2.18. The zero-order valence-electron chi connectivity index (χ0n) is 15.9. The van der Waals surface area contributed by atoms with Gasteiger partial charge < -0.3 is 4.90 Å². The molecular weight excluding hydrogens is 418 g/mol. The molecule has 156 valence electrons. The zero-order chi connectivity index (χ0) is 21.6. The van der Waals surface area contributed by atoms with Gasteiger partial charge in [0.15, 0.2) is 0 Å². The summed E-state index contributed by atoms with van der Waals surface area (Å²) < 4.78 is 27.2. The first-order valence-corrected chi connectivity index (χ1v) is 10.6. The Morgan fingerprint density at radius 2 is 1.66 bits per heavy atom. The molecule has 10 heteroatoms. The van der Waals surface area contributed by atoms with Crippen LogP contribution in [-0.4, -0.2) is 36.5 Å². The Bertz CT molecular complexity index is 950. The van der Waals surface area contributed by atoms with E-state index in [9.17, 15) is 18.0 Å². The number of urea groups is 1. The SMILES string of the molecule is CC(C)[C@@H](C(=O)NO)N(Cc1ccccc1)C(=O)NS(=O)(=O)c1ccc(Cl)cc1. The summed E-state index contributed by atoms with van der Waals surface area (Å²) in [4.78, 5) is 26.1. The van der Waals surface area contributed by atoms with E-state index >= 15 is 0 Å². The third-order valence-corrected chi connectivity index (χ3v) is 5.74. The number of carbonyl (C=O) groups is 2. The van der Waals surface area contributed by atoms with Gasteiger partial charge in [0.05, 0.1) is 4.90 Å². The molecule has 3 N–H and O–H groups in total. The van der Waals surface area contributed by atoms with Crippen LogP contribution in [0.25, 0.3) is 0 Å². The molecule has 2 aromatic carbocycles. The van der Waals surface area contributed by atoms with E-state index in [1.807, 2.05) is 4.72 Å². The standard InChI is InChI=1S/C19H22ClN3O5S/c1-13(2)17(18(24)21-26)23(12-14-6-4-3-5-7-14)19(25)22-29(27,28)16-10-8-15(20)9-11-16/h3-11,13,17,26H,12H2,1-2H3,(H,21,24)(H,22,25)/t17-/m0/s1. The van der Waals surface area contributed by atoms with Gasteiger partial charge in [-0.05, 0) is 35.7 Å². The molecule has 0 radical (unpaired) electrons. The van der Waals surface area contributed by atoms with Crippen LogP contribution in [0.1, 0.15) is 19.4 Å². The van der Waals surface area contributed by atoms with Crippen LogP contribution in [0.5, 0.6) is 0 Å². The minimum absolute atomic E-state index is 0.0426. The maximum absolute atomic E-state index is 12.9. The number of nitrogens with zero attached hydrogens (tertiary/aromatic N) is 1. The number of nitrogens with one attached hydrogen (secondary N) is 2. The number of rotatable bonds is 7. The molecule has 0 bridgehead atoms. The topological polar surface area (TPSA) is 116 Å². The van der Waals surface area contributed by atoms with E-state index in [2.05, 4.69) is 0 Å². The monoisotopic (exact) mass is 439 g/mol. The number of halogens is 1. The minimum atomic E-state index is -4.20. The fourth-order valence-corrected chi connectivity index (χ4v) is 3.88. The number of benzene rings is 2. The van der Waals surface area contributed by atoms with E-state index in [1.165, 1.54) is 24.3 Å². The molecule has 0 aliphatic rings. The van der Waals surface area contributed by atoms with Crippen molar-refractivity contribution < 1.29 is 23.2 Å². The predicted octanol–water partition coefficient (Wildman–Crippen LogP) is 2.77. The largest absolute Gasteiger partial charge is 0.332 e. The lowest BCUT2D eigenvalue weighted by Crippen LogP contribution is -2.55. The van der Waals surface area contributed by atoms with Crippen LogP contribution >= 0.6 is 11.6 Å². The number of amides is 3. The number of sulfonamides is 1. The fraction of sp³-hybridized carbons (Fsp3) is 0.263. The van der Waals surface area contributed by atoms with E-state index < -0.39 is 33.9 Å². The van der Waals surface area contributed by atoms with E-state index in [1.54, 1.807) is 49.7 Å². The quantitative estimate of drug-likeness (QED) is 0.453. The molecule has 8 nitrogen and oxygen atoms in total. The van der Waals surface area contributed by atoms with E-state index in [-0.39, 0.29) is 11.4 Å². The van der Waals surface area contributed by atoms with Gasteiger partial charge in [0.25, 0.3) is 15.9 Å². The Hall–Kier alpha value is -2.62. The van der Waals surface area contributed by atoms with Gasteiger partial charge in [-0.3, -0.25) is 10.0 Å². The fourth-order valence-electron chi connectivity index (χ4n) is 2.79. The Labute approximate surface area is 174 Å². The summed E-state index contributed by atoms with van der Waals surface area (Å²) >= 11 is 5.78. The number of hydrogen-bond donors (Lipinski definition) is 3. The lowest BCUT2D eigenvalue weighted by atomic mass is 10.0. The molecular formula is C19H22ClN3O5S. The van der Waals surface area contributed by atoms with Crippen LogP contribution in [0, 0.1) is 5.92 Å². The normalized spacial score (nSPS) is 12.3. The third-order valence-electron chi connectivity index (χ3n) is 4.15. The summed E-state index contributed by atoms with van der Waals surface area (Å²) in [7, 11) is -4.20. The number of hydroxylamine groups is 1. The maximum Gasteiger partial charge on any atom is 0.332 e. The molecule has 3 amide bonds. The summed E-state index contributed by atoms with van der Waals surface area (Å²) in [5.41, 5.74) is 2.23. The maximum atomic E-state index is 12.9. The molecule has 0 aliphatic heterocycles. The smallest absolute Gasteiger partial charge is 0.307 e. The third kappa shape index (κ3) is 5.93. The molecule has 0 saturated carbocycles.